The Labute approximate surface area is 188 Å². The van der Waals surface area contributed by atoms with Crippen LogP contribution in [0, 0.1) is 3.57 Å². The van der Waals surface area contributed by atoms with Gasteiger partial charge in [0, 0.05) is 0 Å². The molecule has 2 rings (SSSR count). The van der Waals surface area contributed by atoms with Crippen LogP contribution in [-0.2, 0) is 14.3 Å². The van der Waals surface area contributed by atoms with Crippen molar-refractivity contribution in [2.75, 3.05) is 13.7 Å². The van der Waals surface area contributed by atoms with Crippen LogP contribution in [0.3, 0.4) is 0 Å². The second-order valence-corrected chi connectivity index (χ2v) is 8.83. The number of ether oxygens (including phenoxy) is 3. The molecule has 1 aromatic rings. The van der Waals surface area contributed by atoms with Crippen molar-refractivity contribution in [2.24, 2.45) is 0 Å². The molecular formula is C20H24INO6S. The number of thioether (sulfide) groups is 1. The standard InChI is InChI=1S/C20H24INO6S/c1-6-12(4)28-18-14(21)7-13(8-15(18)26-5)9-16-19(24)22(20(25)29-16)10-17(23)27-11(2)3/h7-9,11-12H,6,10H2,1-5H3/b16-9+/t12-/m1/s1. The first kappa shape index (κ1) is 23.5. The van der Waals surface area contributed by atoms with E-state index < -0.39 is 23.7 Å². The summed E-state index contributed by atoms with van der Waals surface area (Å²) in [7, 11) is 1.55. The summed E-state index contributed by atoms with van der Waals surface area (Å²) < 4.78 is 17.2. The molecule has 0 unspecified atom stereocenters. The first-order valence-electron chi connectivity index (χ1n) is 9.15. The van der Waals surface area contributed by atoms with Gasteiger partial charge in [0.05, 0.1) is 27.8 Å². The second kappa shape index (κ2) is 10.3. The zero-order chi connectivity index (χ0) is 21.7. The van der Waals surface area contributed by atoms with Gasteiger partial charge in [-0.05, 0) is 85.3 Å². The predicted octanol–water partition coefficient (Wildman–Crippen LogP) is 4.47. The van der Waals surface area contributed by atoms with E-state index in [1.807, 2.05) is 19.9 Å². The van der Waals surface area contributed by atoms with Gasteiger partial charge in [-0.15, -0.1) is 0 Å². The van der Waals surface area contributed by atoms with Gasteiger partial charge in [0.1, 0.15) is 6.54 Å². The molecule has 0 N–H and O–H groups in total. The van der Waals surface area contributed by atoms with Crippen LogP contribution < -0.4 is 9.47 Å². The molecule has 158 valence electrons. The number of carbonyl (C=O) groups excluding carboxylic acids is 3. The van der Waals surface area contributed by atoms with Crippen molar-refractivity contribution >= 4 is 57.5 Å². The van der Waals surface area contributed by atoms with Crippen LogP contribution in [0.5, 0.6) is 11.5 Å². The lowest BCUT2D eigenvalue weighted by atomic mass is 10.1. The molecule has 1 fully saturated rings. The van der Waals surface area contributed by atoms with Crippen LogP contribution in [0.25, 0.3) is 6.08 Å². The van der Waals surface area contributed by atoms with E-state index in [1.54, 1.807) is 33.1 Å². The van der Waals surface area contributed by atoms with E-state index in [9.17, 15) is 14.4 Å². The van der Waals surface area contributed by atoms with Gasteiger partial charge >= 0.3 is 5.97 Å². The van der Waals surface area contributed by atoms with Gasteiger partial charge in [-0.25, -0.2) is 0 Å². The minimum absolute atomic E-state index is 0.0327. The fraction of sp³-hybridized carbons (Fsp3) is 0.450. The Balaban J connectivity index is 2.25. The molecular weight excluding hydrogens is 509 g/mol. The third-order valence-electron chi connectivity index (χ3n) is 3.97. The lowest BCUT2D eigenvalue weighted by molar-refractivity contribution is -0.149. The molecule has 1 saturated heterocycles. The van der Waals surface area contributed by atoms with E-state index in [-0.39, 0.29) is 17.1 Å². The van der Waals surface area contributed by atoms with Crippen molar-refractivity contribution in [3.63, 3.8) is 0 Å². The Kier molecular flexibility index (Phi) is 8.38. The predicted molar refractivity (Wildman–Crippen MR) is 120 cm³/mol. The maximum Gasteiger partial charge on any atom is 0.326 e. The van der Waals surface area contributed by atoms with Crippen molar-refractivity contribution in [3.05, 3.63) is 26.2 Å². The molecule has 1 aliphatic heterocycles. The maximum atomic E-state index is 12.6. The fourth-order valence-corrected chi connectivity index (χ4v) is 4.03. The molecule has 0 radical (unpaired) electrons. The number of hydrogen-bond donors (Lipinski definition) is 0. The van der Waals surface area contributed by atoms with Gasteiger partial charge in [-0.3, -0.25) is 19.3 Å². The number of esters is 1. The molecule has 1 aliphatic rings. The van der Waals surface area contributed by atoms with Crippen molar-refractivity contribution < 1.29 is 28.6 Å². The number of imide groups is 1. The second-order valence-electron chi connectivity index (χ2n) is 6.68. The zero-order valence-electron chi connectivity index (χ0n) is 17.0. The molecule has 0 aliphatic carbocycles. The Bertz CT molecular complexity index is 839. The number of rotatable bonds is 8. The third-order valence-corrected chi connectivity index (χ3v) is 5.68. The van der Waals surface area contributed by atoms with E-state index in [2.05, 4.69) is 22.6 Å². The SMILES string of the molecule is CC[C@@H](C)Oc1c(I)cc(/C=C2/SC(=O)N(CC(=O)OC(C)C)C2=O)cc1OC. The number of benzene rings is 1. The topological polar surface area (TPSA) is 82.1 Å². The average Bonchev–Trinajstić information content (AvgIpc) is 2.90. The van der Waals surface area contributed by atoms with Crippen LogP contribution in [0.2, 0.25) is 0 Å². The van der Waals surface area contributed by atoms with E-state index in [0.29, 0.717) is 17.1 Å². The fourth-order valence-electron chi connectivity index (χ4n) is 2.44. The Hall–Kier alpha value is -1.75. The summed E-state index contributed by atoms with van der Waals surface area (Å²) in [6.07, 6.45) is 2.18. The first-order valence-corrected chi connectivity index (χ1v) is 11.0. The molecule has 0 spiro atoms. The number of methoxy groups -OCH3 is 1. The highest BCUT2D eigenvalue weighted by atomic mass is 127. The van der Waals surface area contributed by atoms with Gasteiger partial charge in [0.25, 0.3) is 11.1 Å². The molecule has 9 heteroatoms. The van der Waals surface area contributed by atoms with Gasteiger partial charge in [0.2, 0.25) is 0 Å². The Morgan fingerprint density at radius 3 is 2.55 bits per heavy atom. The highest BCUT2D eigenvalue weighted by Crippen LogP contribution is 2.37. The number of nitrogens with zero attached hydrogens (tertiary/aromatic N) is 1. The van der Waals surface area contributed by atoms with Crippen LogP contribution in [-0.4, -0.2) is 47.9 Å². The largest absolute Gasteiger partial charge is 0.493 e. The summed E-state index contributed by atoms with van der Waals surface area (Å²) in [6.45, 7) is 7.02. The Morgan fingerprint density at radius 1 is 1.28 bits per heavy atom. The molecule has 2 amide bonds. The van der Waals surface area contributed by atoms with Crippen molar-refractivity contribution in [1.29, 1.82) is 0 Å². The summed E-state index contributed by atoms with van der Waals surface area (Å²) in [5, 5.41) is -0.500. The molecule has 1 aromatic carbocycles. The first-order chi connectivity index (χ1) is 13.7. The Morgan fingerprint density at radius 2 is 1.97 bits per heavy atom. The molecule has 1 heterocycles. The minimum Gasteiger partial charge on any atom is -0.493 e. The number of halogens is 1. The molecule has 0 saturated carbocycles. The summed E-state index contributed by atoms with van der Waals surface area (Å²) in [4.78, 5) is 37.7. The van der Waals surface area contributed by atoms with Gasteiger partial charge in [-0.2, -0.15) is 0 Å². The molecule has 1 atom stereocenters. The highest BCUT2D eigenvalue weighted by molar-refractivity contribution is 14.1. The summed E-state index contributed by atoms with van der Waals surface area (Å²) in [6, 6.07) is 3.60. The summed E-state index contributed by atoms with van der Waals surface area (Å²) >= 11 is 2.94. The van der Waals surface area contributed by atoms with E-state index >= 15 is 0 Å². The van der Waals surface area contributed by atoms with Crippen LogP contribution in [0.15, 0.2) is 17.0 Å². The zero-order valence-corrected chi connectivity index (χ0v) is 20.0. The van der Waals surface area contributed by atoms with E-state index in [4.69, 9.17) is 14.2 Å². The van der Waals surface area contributed by atoms with E-state index in [1.165, 1.54) is 0 Å². The van der Waals surface area contributed by atoms with Crippen molar-refractivity contribution in [3.8, 4) is 11.5 Å². The van der Waals surface area contributed by atoms with Crippen molar-refractivity contribution in [2.45, 2.75) is 46.3 Å². The van der Waals surface area contributed by atoms with E-state index in [0.717, 1.165) is 26.7 Å². The number of hydrogen-bond acceptors (Lipinski definition) is 7. The minimum atomic E-state index is -0.619. The average molecular weight is 533 g/mol. The molecule has 0 bridgehead atoms. The molecule has 29 heavy (non-hydrogen) atoms. The lowest BCUT2D eigenvalue weighted by Crippen LogP contribution is -2.35. The number of carbonyl (C=O) groups is 3. The maximum absolute atomic E-state index is 12.6. The van der Waals surface area contributed by atoms with Crippen LogP contribution >= 0.6 is 34.4 Å². The smallest absolute Gasteiger partial charge is 0.326 e. The lowest BCUT2D eigenvalue weighted by Gasteiger charge is -2.17. The number of amides is 2. The van der Waals surface area contributed by atoms with Gasteiger partial charge in [0.15, 0.2) is 11.5 Å². The van der Waals surface area contributed by atoms with Gasteiger partial charge in [-0.1, -0.05) is 6.92 Å². The van der Waals surface area contributed by atoms with Gasteiger partial charge < -0.3 is 14.2 Å². The summed E-state index contributed by atoms with van der Waals surface area (Å²) in [5.41, 5.74) is 0.693. The highest BCUT2D eigenvalue weighted by Gasteiger charge is 2.36. The quantitative estimate of drug-likeness (QED) is 0.277. The molecule has 7 nitrogen and oxygen atoms in total. The normalized spacial score (nSPS) is 16.5. The third kappa shape index (κ3) is 6.11. The van der Waals surface area contributed by atoms with Crippen LogP contribution in [0.4, 0.5) is 4.79 Å². The van der Waals surface area contributed by atoms with Crippen LogP contribution in [0.1, 0.15) is 39.7 Å². The monoisotopic (exact) mass is 533 g/mol. The summed E-state index contributed by atoms with van der Waals surface area (Å²) in [5.74, 6) is 0.0493. The van der Waals surface area contributed by atoms with Crippen molar-refractivity contribution in [1.82, 2.24) is 4.90 Å². The molecule has 0 aromatic heterocycles.